The summed E-state index contributed by atoms with van der Waals surface area (Å²) in [5.41, 5.74) is 0.396. The number of carboxylic acid groups (broad SMARTS) is 1. The molecule has 0 atom stereocenters. The molecule has 0 aromatic carbocycles. The molecule has 18 heavy (non-hydrogen) atoms. The first-order chi connectivity index (χ1) is 8.65. The van der Waals surface area contributed by atoms with Crippen molar-refractivity contribution in [2.75, 3.05) is 5.32 Å². The normalized spacial score (nSPS) is 10.7. The highest BCUT2D eigenvalue weighted by atomic mass is 32.1. The van der Waals surface area contributed by atoms with Gasteiger partial charge in [-0.2, -0.15) is 0 Å². The number of furan rings is 1. The van der Waals surface area contributed by atoms with Gasteiger partial charge in [0.1, 0.15) is 6.26 Å². The molecule has 2 aromatic rings. The van der Waals surface area contributed by atoms with Crippen LogP contribution in [-0.4, -0.2) is 22.0 Å². The molecule has 0 fully saturated rings. The van der Waals surface area contributed by atoms with Crippen LogP contribution in [0.4, 0.5) is 5.13 Å². The van der Waals surface area contributed by atoms with Gasteiger partial charge in [0.05, 0.1) is 11.8 Å². The van der Waals surface area contributed by atoms with Crippen LogP contribution in [-0.2, 0) is 4.79 Å². The zero-order valence-electron chi connectivity index (χ0n) is 8.99. The third-order valence-electron chi connectivity index (χ3n) is 1.92. The average Bonchev–Trinajstić information content (AvgIpc) is 2.97. The number of hydrogen-bond donors (Lipinski definition) is 2. The van der Waals surface area contributed by atoms with Crippen LogP contribution in [0.1, 0.15) is 15.2 Å². The number of carbonyl (C=O) groups is 2. The molecule has 0 aliphatic heterocycles. The fraction of sp³-hybridized carbons (Fsp3) is 0. The third kappa shape index (κ3) is 3.05. The second kappa shape index (κ2) is 5.28. The van der Waals surface area contributed by atoms with E-state index in [9.17, 15) is 9.59 Å². The number of anilines is 1. The molecule has 6 nitrogen and oxygen atoms in total. The molecule has 0 aliphatic carbocycles. The Morgan fingerprint density at radius 1 is 1.50 bits per heavy atom. The molecule has 92 valence electrons. The second-order valence-electron chi connectivity index (χ2n) is 3.21. The number of amides is 1. The molecule has 2 aromatic heterocycles. The highest BCUT2D eigenvalue weighted by Gasteiger charge is 2.09. The van der Waals surface area contributed by atoms with Crippen molar-refractivity contribution in [3.63, 3.8) is 0 Å². The summed E-state index contributed by atoms with van der Waals surface area (Å²) in [6.07, 6.45) is 6.63. The van der Waals surface area contributed by atoms with Crippen molar-refractivity contribution in [2.24, 2.45) is 0 Å². The predicted octanol–water partition coefficient (Wildman–Crippen LogP) is 2.09. The van der Waals surface area contributed by atoms with Crippen LogP contribution in [0, 0.1) is 0 Å². The van der Waals surface area contributed by atoms with Crippen molar-refractivity contribution in [2.45, 2.75) is 0 Å². The Bertz CT molecular complexity index is 586. The highest BCUT2D eigenvalue weighted by Crippen LogP contribution is 2.20. The molecule has 1 amide bonds. The van der Waals surface area contributed by atoms with E-state index in [2.05, 4.69) is 10.3 Å². The molecule has 0 bridgehead atoms. The maximum atomic E-state index is 11.6. The van der Waals surface area contributed by atoms with Crippen LogP contribution in [0.2, 0.25) is 0 Å². The van der Waals surface area contributed by atoms with E-state index in [-0.39, 0.29) is 5.91 Å². The molecule has 2 rings (SSSR count). The second-order valence-corrected chi connectivity index (χ2v) is 4.27. The Morgan fingerprint density at radius 3 is 3.00 bits per heavy atom. The summed E-state index contributed by atoms with van der Waals surface area (Å²) >= 11 is 1.18. The number of nitrogens with zero attached hydrogens (tertiary/aromatic N) is 1. The Hall–Kier alpha value is -2.41. The monoisotopic (exact) mass is 264 g/mol. The van der Waals surface area contributed by atoms with E-state index >= 15 is 0 Å². The fourth-order valence-electron chi connectivity index (χ4n) is 1.14. The Morgan fingerprint density at radius 2 is 2.33 bits per heavy atom. The van der Waals surface area contributed by atoms with Crippen LogP contribution in [0.15, 0.2) is 35.3 Å². The average molecular weight is 264 g/mol. The standard InChI is InChI=1S/C11H8N2O4S/c14-9(15)2-1-8-5-12-11(18-8)13-10(16)7-3-4-17-6-7/h1-6H,(H,14,15)(H,12,13,16)/b2-1+. The molecule has 2 N–H and O–H groups in total. The zero-order chi connectivity index (χ0) is 13.0. The SMILES string of the molecule is O=C(O)/C=C/c1cnc(NC(=O)c2ccoc2)s1. The molecule has 0 aliphatic rings. The number of rotatable bonds is 4. The van der Waals surface area contributed by atoms with E-state index in [4.69, 9.17) is 9.52 Å². The van der Waals surface area contributed by atoms with Gasteiger partial charge >= 0.3 is 5.97 Å². The third-order valence-corrected chi connectivity index (χ3v) is 2.80. The fourth-order valence-corrected chi connectivity index (χ4v) is 1.85. The summed E-state index contributed by atoms with van der Waals surface area (Å²) in [7, 11) is 0. The number of carbonyl (C=O) groups excluding carboxylic acids is 1. The minimum absolute atomic E-state index is 0.327. The summed E-state index contributed by atoms with van der Waals surface area (Å²) in [5.74, 6) is -1.36. The van der Waals surface area contributed by atoms with Crippen LogP contribution >= 0.6 is 11.3 Å². The van der Waals surface area contributed by atoms with E-state index in [0.29, 0.717) is 15.6 Å². The van der Waals surface area contributed by atoms with Gasteiger partial charge in [-0.25, -0.2) is 9.78 Å². The van der Waals surface area contributed by atoms with Gasteiger partial charge in [-0.3, -0.25) is 10.1 Å². The van der Waals surface area contributed by atoms with Crippen LogP contribution in [0.3, 0.4) is 0 Å². The number of aromatic nitrogens is 1. The topological polar surface area (TPSA) is 92.4 Å². The van der Waals surface area contributed by atoms with Crippen molar-refractivity contribution in [1.82, 2.24) is 4.98 Å². The summed E-state index contributed by atoms with van der Waals surface area (Å²) < 4.78 is 4.79. The van der Waals surface area contributed by atoms with Gasteiger partial charge in [-0.1, -0.05) is 11.3 Å². The lowest BCUT2D eigenvalue weighted by Crippen LogP contribution is -2.10. The van der Waals surface area contributed by atoms with E-state index in [1.54, 1.807) is 0 Å². The Labute approximate surface area is 106 Å². The Balaban J connectivity index is 2.03. The molecular formula is C11H8N2O4S. The maximum Gasteiger partial charge on any atom is 0.328 e. The first-order valence-electron chi connectivity index (χ1n) is 4.85. The Kier molecular flexibility index (Phi) is 3.54. The summed E-state index contributed by atoms with van der Waals surface area (Å²) in [4.78, 5) is 26.6. The number of hydrogen-bond acceptors (Lipinski definition) is 5. The van der Waals surface area contributed by atoms with E-state index in [0.717, 1.165) is 6.08 Å². The quantitative estimate of drug-likeness (QED) is 0.825. The van der Waals surface area contributed by atoms with Crippen molar-refractivity contribution in [3.05, 3.63) is 41.3 Å². The van der Waals surface area contributed by atoms with Gasteiger partial charge in [0, 0.05) is 17.2 Å². The van der Waals surface area contributed by atoms with Crippen LogP contribution in [0.25, 0.3) is 6.08 Å². The van der Waals surface area contributed by atoms with Gasteiger partial charge in [-0.05, 0) is 12.1 Å². The molecule has 0 unspecified atom stereocenters. The molecule has 0 radical (unpaired) electrons. The molecule has 2 heterocycles. The van der Waals surface area contributed by atoms with Gasteiger partial charge in [0.25, 0.3) is 5.91 Å². The van der Waals surface area contributed by atoms with Crippen molar-refractivity contribution < 1.29 is 19.1 Å². The predicted molar refractivity (Wildman–Crippen MR) is 65.4 cm³/mol. The van der Waals surface area contributed by atoms with Gasteiger partial charge in [0.2, 0.25) is 0 Å². The van der Waals surface area contributed by atoms with E-state index in [1.165, 1.54) is 42.2 Å². The zero-order valence-corrected chi connectivity index (χ0v) is 9.81. The molecule has 7 heteroatoms. The van der Waals surface area contributed by atoms with Gasteiger partial charge in [0.15, 0.2) is 5.13 Å². The number of thiazole rings is 1. The summed E-state index contributed by atoms with van der Waals surface area (Å²) in [5, 5.41) is 11.4. The van der Waals surface area contributed by atoms with Gasteiger partial charge < -0.3 is 9.52 Å². The largest absolute Gasteiger partial charge is 0.478 e. The lowest BCUT2D eigenvalue weighted by atomic mass is 10.3. The van der Waals surface area contributed by atoms with Crippen molar-refractivity contribution in [3.8, 4) is 0 Å². The number of nitrogens with one attached hydrogen (secondary N) is 1. The van der Waals surface area contributed by atoms with Crippen molar-refractivity contribution >= 4 is 34.4 Å². The van der Waals surface area contributed by atoms with E-state index < -0.39 is 5.97 Å². The summed E-state index contributed by atoms with van der Waals surface area (Å²) in [6, 6.07) is 1.54. The maximum absolute atomic E-state index is 11.6. The van der Waals surface area contributed by atoms with Crippen molar-refractivity contribution in [1.29, 1.82) is 0 Å². The minimum Gasteiger partial charge on any atom is -0.478 e. The first-order valence-corrected chi connectivity index (χ1v) is 5.67. The minimum atomic E-state index is -1.03. The first kappa shape index (κ1) is 12.1. The summed E-state index contributed by atoms with van der Waals surface area (Å²) in [6.45, 7) is 0. The lowest BCUT2D eigenvalue weighted by molar-refractivity contribution is -0.131. The smallest absolute Gasteiger partial charge is 0.328 e. The number of aliphatic carboxylic acids is 1. The molecule has 0 saturated carbocycles. The van der Waals surface area contributed by atoms with Gasteiger partial charge in [-0.15, -0.1) is 0 Å². The van der Waals surface area contributed by atoms with Crippen LogP contribution in [0.5, 0.6) is 0 Å². The molecule has 0 saturated heterocycles. The lowest BCUT2D eigenvalue weighted by Gasteiger charge is -1.96. The number of carboxylic acids is 1. The van der Waals surface area contributed by atoms with E-state index in [1.807, 2.05) is 0 Å². The highest BCUT2D eigenvalue weighted by molar-refractivity contribution is 7.16. The molecule has 0 spiro atoms. The molecular weight excluding hydrogens is 256 g/mol. The van der Waals surface area contributed by atoms with Crippen LogP contribution < -0.4 is 5.32 Å².